The van der Waals surface area contributed by atoms with Gasteiger partial charge in [0.25, 0.3) is 0 Å². The number of rotatable bonds is 7. The molecule has 2 aromatic carbocycles. The van der Waals surface area contributed by atoms with Crippen LogP contribution in [0.2, 0.25) is 0 Å². The number of carbonyl (C=O) groups excluding carboxylic acids is 1. The Hall–Kier alpha value is -1.74. The van der Waals surface area contributed by atoms with Gasteiger partial charge >= 0.3 is 0 Å². The maximum atomic E-state index is 12.9. The molecule has 1 atom stereocenters. The van der Waals surface area contributed by atoms with Crippen LogP contribution < -0.4 is 4.74 Å². The fourth-order valence-corrected chi connectivity index (χ4v) is 4.20. The lowest BCUT2D eigenvalue weighted by Gasteiger charge is -2.34. The number of ether oxygens (including phenoxy) is 1. The Morgan fingerprint density at radius 1 is 0.929 bits per heavy atom. The maximum absolute atomic E-state index is 12.9. The molecule has 28 heavy (non-hydrogen) atoms. The van der Waals surface area contributed by atoms with E-state index in [1.54, 1.807) is 0 Å². The van der Waals surface area contributed by atoms with Crippen molar-refractivity contribution >= 4 is 16.9 Å². The lowest BCUT2D eigenvalue weighted by molar-refractivity contribution is -0.118. The van der Waals surface area contributed by atoms with Gasteiger partial charge < -0.3 is 4.74 Å². The van der Waals surface area contributed by atoms with Crippen LogP contribution in [0.1, 0.15) is 48.0 Å². The maximum Gasteiger partial charge on any atom is 0.192 e. The van der Waals surface area contributed by atoms with E-state index in [4.69, 9.17) is 4.74 Å². The first-order valence-corrected chi connectivity index (χ1v) is 11.0. The highest BCUT2D eigenvalue weighted by Crippen LogP contribution is 2.39. The highest BCUT2D eigenvalue weighted by atomic mass is 32.2. The van der Waals surface area contributed by atoms with Crippen LogP contribution in [0.4, 0.5) is 0 Å². The van der Waals surface area contributed by atoms with Gasteiger partial charge in [-0.2, -0.15) is 0 Å². The minimum atomic E-state index is -0.0296. The van der Waals surface area contributed by atoms with Crippen LogP contribution in [0.25, 0.3) is 11.1 Å². The number of para-hydroxylation sites is 1. The molecule has 0 amide bonds. The molecule has 0 bridgehead atoms. The second-order valence-electron chi connectivity index (χ2n) is 9.56. The van der Waals surface area contributed by atoms with Crippen molar-refractivity contribution < 1.29 is 9.53 Å². The minimum absolute atomic E-state index is 0.0296. The first-order valence-electron chi connectivity index (χ1n) is 10.0. The molecular weight excluding hydrogens is 364 g/mol. The summed E-state index contributed by atoms with van der Waals surface area (Å²) in [5.41, 5.74) is 2.33. The third kappa shape index (κ3) is 7.01. The zero-order valence-electron chi connectivity index (χ0n) is 18.1. The first-order chi connectivity index (χ1) is 13.1. The average Bonchev–Trinajstić information content (AvgIpc) is 2.62. The molecule has 0 fully saturated rings. The van der Waals surface area contributed by atoms with Crippen LogP contribution in [0, 0.1) is 16.7 Å². The van der Waals surface area contributed by atoms with Crippen molar-refractivity contribution in [2.45, 2.75) is 48.0 Å². The van der Waals surface area contributed by atoms with Crippen LogP contribution in [0.3, 0.4) is 0 Å². The van der Waals surface area contributed by atoms with Gasteiger partial charge in [-0.15, -0.1) is 0 Å². The van der Waals surface area contributed by atoms with Gasteiger partial charge in [-0.3, -0.25) is 4.79 Å². The van der Waals surface area contributed by atoms with E-state index in [0.717, 1.165) is 23.3 Å². The van der Waals surface area contributed by atoms with Gasteiger partial charge in [0.1, 0.15) is 5.75 Å². The summed E-state index contributed by atoms with van der Waals surface area (Å²) in [6.45, 7) is 13.6. The van der Waals surface area contributed by atoms with Crippen LogP contribution in [-0.4, -0.2) is 17.5 Å². The zero-order valence-corrected chi connectivity index (χ0v) is 18.9. The lowest BCUT2D eigenvalue weighted by Crippen LogP contribution is -2.31. The standard InChI is InChI=1S/C25H34O2S/c1-24(2,3)18-21(25(4,5)6)23(26)28-17-16-27-22-15-11-10-14-20(22)19-12-8-7-9-13-19/h7-15,21H,16-18H2,1-6H3. The first kappa shape index (κ1) is 22.5. The Balaban J connectivity index is 1.95. The van der Waals surface area contributed by atoms with Crippen molar-refractivity contribution in [3.8, 4) is 16.9 Å². The molecule has 0 heterocycles. The smallest absolute Gasteiger partial charge is 0.192 e. The zero-order chi connectivity index (χ0) is 20.8. The molecule has 0 aliphatic rings. The minimum Gasteiger partial charge on any atom is -0.492 e. The van der Waals surface area contributed by atoms with Gasteiger partial charge in [0.05, 0.1) is 6.61 Å². The summed E-state index contributed by atoms with van der Waals surface area (Å²) in [5, 5.41) is 0.280. The van der Waals surface area contributed by atoms with E-state index >= 15 is 0 Å². The molecule has 0 radical (unpaired) electrons. The summed E-state index contributed by atoms with van der Waals surface area (Å²) in [5.74, 6) is 1.58. The Kier molecular flexibility index (Phi) is 7.77. The van der Waals surface area contributed by atoms with E-state index < -0.39 is 0 Å². The van der Waals surface area contributed by atoms with Crippen molar-refractivity contribution in [3.63, 3.8) is 0 Å². The van der Waals surface area contributed by atoms with Crippen LogP contribution in [-0.2, 0) is 4.79 Å². The molecule has 3 heteroatoms. The van der Waals surface area contributed by atoms with Crippen LogP contribution in [0.5, 0.6) is 5.75 Å². The van der Waals surface area contributed by atoms with Gasteiger partial charge in [0.2, 0.25) is 0 Å². The normalized spacial score (nSPS) is 13.2. The fraction of sp³-hybridized carbons (Fsp3) is 0.480. The monoisotopic (exact) mass is 398 g/mol. The van der Waals surface area contributed by atoms with Crippen molar-refractivity contribution in [3.05, 3.63) is 54.6 Å². The molecule has 0 saturated heterocycles. The third-order valence-corrected chi connectivity index (χ3v) is 5.64. The summed E-state index contributed by atoms with van der Waals surface area (Å²) in [6, 6.07) is 18.3. The van der Waals surface area contributed by atoms with E-state index in [2.05, 4.69) is 59.7 Å². The van der Waals surface area contributed by atoms with E-state index in [9.17, 15) is 4.79 Å². The SMILES string of the molecule is CC(C)(C)CC(C(=O)SCCOc1ccccc1-c1ccccc1)C(C)(C)C. The van der Waals surface area contributed by atoms with Crippen molar-refractivity contribution in [1.82, 2.24) is 0 Å². The predicted octanol–water partition coefficient (Wildman–Crippen LogP) is 7.09. The van der Waals surface area contributed by atoms with Gasteiger partial charge in [-0.25, -0.2) is 0 Å². The van der Waals surface area contributed by atoms with Crippen LogP contribution >= 0.6 is 11.8 Å². The van der Waals surface area contributed by atoms with E-state index in [1.807, 2.05) is 36.4 Å². The molecule has 0 aliphatic heterocycles. The lowest BCUT2D eigenvalue weighted by atomic mass is 9.73. The second kappa shape index (κ2) is 9.65. The van der Waals surface area contributed by atoms with Gasteiger partial charge in [-0.05, 0) is 28.9 Å². The number of benzene rings is 2. The molecule has 0 N–H and O–H groups in total. The number of hydrogen-bond acceptors (Lipinski definition) is 3. The van der Waals surface area contributed by atoms with E-state index in [0.29, 0.717) is 12.4 Å². The average molecular weight is 399 g/mol. The Morgan fingerprint density at radius 2 is 1.54 bits per heavy atom. The van der Waals surface area contributed by atoms with Gasteiger partial charge in [0.15, 0.2) is 5.12 Å². The topological polar surface area (TPSA) is 26.3 Å². The number of carbonyl (C=O) groups is 1. The largest absolute Gasteiger partial charge is 0.492 e. The summed E-state index contributed by atoms with van der Waals surface area (Å²) in [7, 11) is 0. The van der Waals surface area contributed by atoms with Gasteiger partial charge in [-0.1, -0.05) is 102 Å². The molecule has 0 aliphatic carbocycles. The molecular formula is C25H34O2S. The molecule has 0 spiro atoms. The fourth-order valence-electron chi connectivity index (χ4n) is 3.20. The molecule has 152 valence electrons. The third-order valence-electron chi connectivity index (χ3n) is 4.70. The van der Waals surface area contributed by atoms with Crippen molar-refractivity contribution in [2.75, 3.05) is 12.4 Å². The highest BCUT2D eigenvalue weighted by Gasteiger charge is 2.34. The number of thioether (sulfide) groups is 1. The predicted molar refractivity (Wildman–Crippen MR) is 122 cm³/mol. The van der Waals surface area contributed by atoms with E-state index in [1.165, 1.54) is 11.8 Å². The molecule has 0 aromatic heterocycles. The summed E-state index contributed by atoms with van der Waals surface area (Å²) >= 11 is 1.41. The van der Waals surface area contributed by atoms with E-state index in [-0.39, 0.29) is 21.9 Å². The Bertz CT molecular complexity index is 754. The highest BCUT2D eigenvalue weighted by molar-refractivity contribution is 8.13. The summed E-state index contributed by atoms with van der Waals surface area (Å²) in [6.07, 6.45) is 0.903. The number of hydrogen-bond donors (Lipinski definition) is 0. The molecule has 2 nitrogen and oxygen atoms in total. The molecule has 1 unspecified atom stereocenters. The molecule has 2 aromatic rings. The quantitative estimate of drug-likeness (QED) is 0.466. The van der Waals surface area contributed by atoms with Crippen LogP contribution in [0.15, 0.2) is 54.6 Å². The Labute approximate surface area is 175 Å². The molecule has 2 rings (SSSR count). The van der Waals surface area contributed by atoms with Crippen molar-refractivity contribution in [1.29, 1.82) is 0 Å². The summed E-state index contributed by atoms with van der Waals surface area (Å²) < 4.78 is 6.04. The Morgan fingerprint density at radius 3 is 2.14 bits per heavy atom. The van der Waals surface area contributed by atoms with Gasteiger partial charge in [0, 0.05) is 17.2 Å². The van der Waals surface area contributed by atoms with Crippen molar-refractivity contribution in [2.24, 2.45) is 16.7 Å². The summed E-state index contributed by atoms with van der Waals surface area (Å²) in [4.78, 5) is 12.9. The second-order valence-corrected chi connectivity index (χ2v) is 10.7. The molecule has 0 saturated carbocycles.